The number of amides is 1. The first-order valence-corrected chi connectivity index (χ1v) is 7.71. The largest absolute Gasteiger partial charge is 0.393 e. The topological polar surface area (TPSA) is 73.1 Å². The molecular formula is C19H18N2O2. The molecule has 1 amide bonds. The first kappa shape index (κ1) is 15.3. The fourth-order valence-corrected chi connectivity index (χ4v) is 2.99. The van der Waals surface area contributed by atoms with E-state index in [2.05, 4.69) is 5.32 Å². The van der Waals surface area contributed by atoms with Gasteiger partial charge >= 0.3 is 0 Å². The number of hydrogen-bond acceptors (Lipinski definition) is 3. The van der Waals surface area contributed by atoms with Gasteiger partial charge in [-0.25, -0.2) is 0 Å². The Bertz CT molecular complexity index is 731. The van der Waals surface area contributed by atoms with E-state index in [1.807, 2.05) is 36.4 Å². The maximum atomic E-state index is 12.5. The smallest absolute Gasteiger partial charge is 0.251 e. The minimum atomic E-state index is -0.273. The Morgan fingerprint density at radius 3 is 2.57 bits per heavy atom. The van der Waals surface area contributed by atoms with Crippen molar-refractivity contribution in [3.63, 3.8) is 0 Å². The second kappa shape index (κ2) is 6.64. The van der Waals surface area contributed by atoms with Crippen molar-refractivity contribution in [1.82, 2.24) is 5.32 Å². The molecule has 0 aromatic heterocycles. The lowest BCUT2D eigenvalue weighted by Gasteiger charge is -2.38. The first-order valence-electron chi connectivity index (χ1n) is 7.71. The second-order valence-corrected chi connectivity index (χ2v) is 5.94. The van der Waals surface area contributed by atoms with Crippen LogP contribution in [-0.4, -0.2) is 17.1 Å². The van der Waals surface area contributed by atoms with Crippen molar-refractivity contribution in [1.29, 1.82) is 5.26 Å². The summed E-state index contributed by atoms with van der Waals surface area (Å²) >= 11 is 0. The molecule has 0 radical (unpaired) electrons. The van der Waals surface area contributed by atoms with Gasteiger partial charge in [-0.2, -0.15) is 5.26 Å². The van der Waals surface area contributed by atoms with E-state index in [1.165, 1.54) is 0 Å². The van der Waals surface area contributed by atoms with Crippen LogP contribution in [0.15, 0.2) is 54.6 Å². The van der Waals surface area contributed by atoms with Crippen molar-refractivity contribution in [3.8, 4) is 6.07 Å². The molecule has 2 aromatic rings. The zero-order valence-corrected chi connectivity index (χ0v) is 12.6. The van der Waals surface area contributed by atoms with Crippen molar-refractivity contribution < 1.29 is 9.90 Å². The molecule has 0 unspecified atom stereocenters. The highest BCUT2D eigenvalue weighted by atomic mass is 16.3. The van der Waals surface area contributed by atoms with Gasteiger partial charge in [0.15, 0.2) is 0 Å². The van der Waals surface area contributed by atoms with Crippen LogP contribution in [0.1, 0.15) is 40.4 Å². The molecule has 1 aliphatic carbocycles. The van der Waals surface area contributed by atoms with E-state index < -0.39 is 0 Å². The highest BCUT2D eigenvalue weighted by molar-refractivity contribution is 5.94. The lowest BCUT2D eigenvalue weighted by molar-refractivity contribution is 0.0235. The SMILES string of the molecule is N#Cc1cccc(C(=O)N[C@@H](c2ccccc2)C2CC(O)C2)c1. The van der Waals surface area contributed by atoms with Gasteiger partial charge in [0.1, 0.15) is 0 Å². The molecule has 1 atom stereocenters. The van der Waals surface area contributed by atoms with Gasteiger partial charge in [0.2, 0.25) is 0 Å². The Kier molecular flexibility index (Phi) is 4.40. The number of rotatable bonds is 4. The molecule has 0 aliphatic heterocycles. The fourth-order valence-electron chi connectivity index (χ4n) is 2.99. The summed E-state index contributed by atoms with van der Waals surface area (Å²) in [4.78, 5) is 12.5. The van der Waals surface area contributed by atoms with Crippen molar-refractivity contribution in [2.45, 2.75) is 25.0 Å². The minimum absolute atomic E-state index is 0.127. The first-order chi connectivity index (χ1) is 11.2. The van der Waals surface area contributed by atoms with Crippen LogP contribution in [0, 0.1) is 17.2 Å². The number of hydrogen-bond donors (Lipinski definition) is 2. The summed E-state index contributed by atoms with van der Waals surface area (Å²) < 4.78 is 0. The Morgan fingerprint density at radius 2 is 1.91 bits per heavy atom. The molecular weight excluding hydrogens is 288 g/mol. The highest BCUT2D eigenvalue weighted by Crippen LogP contribution is 2.38. The number of aliphatic hydroxyl groups excluding tert-OH is 1. The van der Waals surface area contributed by atoms with Crippen LogP contribution in [-0.2, 0) is 0 Å². The van der Waals surface area contributed by atoms with Gasteiger partial charge < -0.3 is 10.4 Å². The monoisotopic (exact) mass is 306 g/mol. The van der Waals surface area contributed by atoms with Gasteiger partial charge in [-0.15, -0.1) is 0 Å². The maximum Gasteiger partial charge on any atom is 0.251 e. The Labute approximate surface area is 135 Å². The standard InChI is InChI=1S/C19H18N2O2/c20-12-13-5-4-8-15(9-13)19(23)21-18(16-10-17(22)11-16)14-6-2-1-3-7-14/h1-9,16-18,22H,10-11H2,(H,21,23)/t16?,17?,18-/m0/s1. The molecule has 3 rings (SSSR count). The number of nitrogens with zero attached hydrogens (tertiary/aromatic N) is 1. The number of carbonyl (C=O) groups excluding carboxylic acids is 1. The van der Waals surface area contributed by atoms with Crippen LogP contribution in [0.2, 0.25) is 0 Å². The summed E-state index contributed by atoms with van der Waals surface area (Å²) in [5.74, 6) is 0.0350. The zero-order valence-electron chi connectivity index (χ0n) is 12.6. The molecule has 2 N–H and O–H groups in total. The quantitative estimate of drug-likeness (QED) is 0.912. The Morgan fingerprint density at radius 1 is 1.17 bits per heavy atom. The summed E-state index contributed by atoms with van der Waals surface area (Å²) in [5, 5.41) is 21.6. The van der Waals surface area contributed by atoms with Crippen LogP contribution in [0.3, 0.4) is 0 Å². The maximum absolute atomic E-state index is 12.5. The Balaban J connectivity index is 1.81. The molecule has 2 aromatic carbocycles. The predicted molar refractivity (Wildman–Crippen MR) is 86.5 cm³/mol. The van der Waals surface area contributed by atoms with Gasteiger partial charge in [-0.1, -0.05) is 36.4 Å². The molecule has 1 aliphatic rings. The molecule has 4 heteroatoms. The fraction of sp³-hybridized carbons (Fsp3) is 0.263. The van der Waals surface area contributed by atoms with E-state index in [4.69, 9.17) is 5.26 Å². The zero-order chi connectivity index (χ0) is 16.2. The summed E-state index contributed by atoms with van der Waals surface area (Å²) in [7, 11) is 0. The lowest BCUT2D eigenvalue weighted by Crippen LogP contribution is -2.41. The van der Waals surface area contributed by atoms with Crippen molar-refractivity contribution >= 4 is 5.91 Å². The molecule has 23 heavy (non-hydrogen) atoms. The average molecular weight is 306 g/mol. The normalized spacial score (nSPS) is 20.9. The molecule has 0 heterocycles. The third kappa shape index (κ3) is 3.41. The van der Waals surface area contributed by atoms with Crippen LogP contribution in [0.4, 0.5) is 0 Å². The average Bonchev–Trinajstić information content (AvgIpc) is 2.58. The van der Waals surface area contributed by atoms with E-state index in [0.29, 0.717) is 24.0 Å². The molecule has 4 nitrogen and oxygen atoms in total. The van der Waals surface area contributed by atoms with Crippen molar-refractivity contribution in [2.24, 2.45) is 5.92 Å². The second-order valence-electron chi connectivity index (χ2n) is 5.94. The number of nitrogens with one attached hydrogen (secondary N) is 1. The minimum Gasteiger partial charge on any atom is -0.393 e. The van der Waals surface area contributed by atoms with Crippen LogP contribution < -0.4 is 5.32 Å². The van der Waals surface area contributed by atoms with E-state index in [1.54, 1.807) is 24.3 Å². The van der Waals surface area contributed by atoms with E-state index >= 15 is 0 Å². The number of nitriles is 1. The van der Waals surface area contributed by atoms with E-state index in [9.17, 15) is 9.90 Å². The van der Waals surface area contributed by atoms with Crippen molar-refractivity contribution in [3.05, 3.63) is 71.3 Å². The summed E-state index contributed by atoms with van der Waals surface area (Å²) in [6.07, 6.45) is 1.11. The molecule has 1 fully saturated rings. The summed E-state index contributed by atoms with van der Waals surface area (Å²) in [6.45, 7) is 0. The van der Waals surface area contributed by atoms with Crippen molar-refractivity contribution in [2.75, 3.05) is 0 Å². The lowest BCUT2D eigenvalue weighted by atomic mass is 9.75. The number of carbonyl (C=O) groups is 1. The highest BCUT2D eigenvalue weighted by Gasteiger charge is 2.35. The molecule has 0 bridgehead atoms. The number of benzene rings is 2. The van der Waals surface area contributed by atoms with Gasteiger partial charge in [0.05, 0.1) is 23.8 Å². The van der Waals surface area contributed by atoms with Gasteiger partial charge in [0, 0.05) is 5.56 Å². The van der Waals surface area contributed by atoms with Gasteiger partial charge in [-0.05, 0) is 42.5 Å². The van der Waals surface area contributed by atoms with Crippen LogP contribution in [0.25, 0.3) is 0 Å². The molecule has 0 saturated heterocycles. The van der Waals surface area contributed by atoms with E-state index in [-0.39, 0.29) is 24.0 Å². The van der Waals surface area contributed by atoms with E-state index in [0.717, 1.165) is 5.56 Å². The summed E-state index contributed by atoms with van der Waals surface area (Å²) in [5.41, 5.74) is 1.98. The van der Waals surface area contributed by atoms with Gasteiger partial charge in [0.25, 0.3) is 5.91 Å². The predicted octanol–water partition coefficient (Wildman–Crippen LogP) is 2.80. The third-order valence-corrected chi connectivity index (χ3v) is 4.32. The number of aliphatic hydroxyl groups is 1. The molecule has 1 saturated carbocycles. The van der Waals surface area contributed by atoms with Crippen LogP contribution >= 0.6 is 0 Å². The summed E-state index contributed by atoms with van der Waals surface area (Å²) in [6, 6.07) is 18.4. The van der Waals surface area contributed by atoms with Gasteiger partial charge in [-0.3, -0.25) is 4.79 Å². The van der Waals surface area contributed by atoms with Crippen LogP contribution in [0.5, 0.6) is 0 Å². The Hall–Kier alpha value is -2.64. The molecule has 116 valence electrons. The molecule has 0 spiro atoms. The third-order valence-electron chi connectivity index (χ3n) is 4.32.